The van der Waals surface area contributed by atoms with E-state index in [4.69, 9.17) is 9.37 Å². The highest BCUT2D eigenvalue weighted by atomic mass is 32.1. The molecule has 0 bridgehead atoms. The summed E-state index contributed by atoms with van der Waals surface area (Å²) in [5.41, 5.74) is 2.43. The van der Waals surface area contributed by atoms with Gasteiger partial charge in [0.05, 0.1) is 13.2 Å². The van der Waals surface area contributed by atoms with Gasteiger partial charge in [-0.3, -0.25) is 4.79 Å². The smallest absolute Gasteiger partial charge is 0.219 e. The molecule has 0 saturated carbocycles. The van der Waals surface area contributed by atoms with Crippen LogP contribution in [0.2, 0.25) is 0 Å². The number of thiophene rings is 1. The number of methoxy groups -OCH3 is 1. The number of para-hydroxylation sites is 1. The SMILES string of the molecule is COc1ccccc1C1Nc2nonc2NC2=C1C(=O)CC(c1cccs1)C2. The molecular weight excluding hydrogens is 376 g/mol. The van der Waals surface area contributed by atoms with Crippen LogP contribution < -0.4 is 15.4 Å². The summed E-state index contributed by atoms with van der Waals surface area (Å²) in [6, 6.07) is 11.4. The van der Waals surface area contributed by atoms with E-state index in [1.807, 2.05) is 35.7 Å². The van der Waals surface area contributed by atoms with Crippen LogP contribution in [0.25, 0.3) is 0 Å². The van der Waals surface area contributed by atoms with Gasteiger partial charge in [-0.1, -0.05) is 24.3 Å². The molecule has 2 aliphatic rings. The van der Waals surface area contributed by atoms with Gasteiger partial charge < -0.3 is 15.4 Å². The number of anilines is 2. The Balaban J connectivity index is 1.64. The van der Waals surface area contributed by atoms with E-state index in [1.54, 1.807) is 18.4 Å². The fourth-order valence-corrected chi connectivity index (χ4v) is 4.79. The lowest BCUT2D eigenvalue weighted by molar-refractivity contribution is -0.116. The van der Waals surface area contributed by atoms with Crippen molar-refractivity contribution in [3.63, 3.8) is 0 Å². The van der Waals surface area contributed by atoms with Crippen molar-refractivity contribution in [3.05, 3.63) is 63.5 Å². The Kier molecular flexibility index (Phi) is 4.12. The molecule has 0 fully saturated rings. The van der Waals surface area contributed by atoms with Crippen LogP contribution in [-0.4, -0.2) is 23.2 Å². The summed E-state index contributed by atoms with van der Waals surface area (Å²) >= 11 is 1.68. The van der Waals surface area contributed by atoms with Gasteiger partial charge in [-0.2, -0.15) is 0 Å². The molecule has 8 heteroatoms. The normalized spacial score (nSPS) is 21.2. The Labute approximate surface area is 165 Å². The Morgan fingerprint density at radius 2 is 2.00 bits per heavy atom. The van der Waals surface area contributed by atoms with Gasteiger partial charge in [0.15, 0.2) is 5.78 Å². The molecule has 0 radical (unpaired) electrons. The van der Waals surface area contributed by atoms with E-state index in [1.165, 1.54) is 4.88 Å². The number of ether oxygens (including phenoxy) is 1. The number of hydrogen-bond donors (Lipinski definition) is 2. The van der Waals surface area contributed by atoms with Crippen LogP contribution >= 0.6 is 11.3 Å². The number of nitrogens with zero attached hydrogens (tertiary/aromatic N) is 2. The number of carbonyl (C=O) groups excluding carboxylic acids is 1. The van der Waals surface area contributed by atoms with Crippen LogP contribution in [0.5, 0.6) is 5.75 Å². The number of hydrogen-bond acceptors (Lipinski definition) is 8. The molecule has 2 aromatic heterocycles. The summed E-state index contributed by atoms with van der Waals surface area (Å²) in [7, 11) is 1.63. The number of rotatable bonds is 3. The average molecular weight is 394 g/mol. The van der Waals surface area contributed by atoms with E-state index in [2.05, 4.69) is 27.0 Å². The van der Waals surface area contributed by atoms with Crippen LogP contribution in [-0.2, 0) is 4.79 Å². The quantitative estimate of drug-likeness (QED) is 0.691. The Morgan fingerprint density at radius 1 is 1.14 bits per heavy atom. The van der Waals surface area contributed by atoms with E-state index < -0.39 is 6.04 Å². The van der Waals surface area contributed by atoms with Crippen molar-refractivity contribution >= 4 is 28.8 Å². The van der Waals surface area contributed by atoms with Gasteiger partial charge >= 0.3 is 0 Å². The third-order valence-electron chi connectivity index (χ3n) is 5.23. The van der Waals surface area contributed by atoms with Crippen molar-refractivity contribution in [1.82, 2.24) is 10.3 Å². The van der Waals surface area contributed by atoms with Gasteiger partial charge in [-0.25, -0.2) is 4.63 Å². The molecule has 3 heterocycles. The average Bonchev–Trinajstić information content (AvgIpc) is 3.37. The van der Waals surface area contributed by atoms with E-state index >= 15 is 0 Å². The molecule has 2 atom stereocenters. The second-order valence-corrected chi connectivity index (χ2v) is 7.82. The summed E-state index contributed by atoms with van der Waals surface area (Å²) in [4.78, 5) is 14.5. The number of carbonyl (C=O) groups is 1. The third-order valence-corrected chi connectivity index (χ3v) is 6.27. The molecule has 0 spiro atoms. The number of nitrogens with one attached hydrogen (secondary N) is 2. The minimum absolute atomic E-state index is 0.109. The predicted octanol–water partition coefficient (Wildman–Crippen LogP) is 4.12. The van der Waals surface area contributed by atoms with Crippen LogP contribution in [0.15, 0.2) is 57.7 Å². The highest BCUT2D eigenvalue weighted by molar-refractivity contribution is 7.10. The lowest BCUT2D eigenvalue weighted by Gasteiger charge is -2.29. The molecule has 142 valence electrons. The zero-order chi connectivity index (χ0) is 19.1. The highest BCUT2D eigenvalue weighted by Gasteiger charge is 2.38. The maximum Gasteiger partial charge on any atom is 0.219 e. The maximum absolute atomic E-state index is 13.3. The van der Waals surface area contributed by atoms with Crippen molar-refractivity contribution in [2.45, 2.75) is 24.8 Å². The van der Waals surface area contributed by atoms with E-state index in [9.17, 15) is 4.79 Å². The number of benzene rings is 1. The minimum atomic E-state index is -0.399. The fourth-order valence-electron chi connectivity index (χ4n) is 3.96. The first kappa shape index (κ1) is 17.0. The summed E-state index contributed by atoms with van der Waals surface area (Å²) in [5.74, 6) is 1.94. The third kappa shape index (κ3) is 2.77. The van der Waals surface area contributed by atoms with E-state index in [0.717, 1.165) is 17.7 Å². The number of Topliss-reactive ketones (excluding diaryl/α,β-unsaturated/α-hetero) is 1. The molecular formula is C20H18N4O3S. The first-order chi connectivity index (χ1) is 13.7. The Hall–Kier alpha value is -3.13. The summed E-state index contributed by atoms with van der Waals surface area (Å²) in [6.45, 7) is 0. The molecule has 1 aliphatic heterocycles. The van der Waals surface area contributed by atoms with Crippen LogP contribution in [0.1, 0.15) is 35.2 Å². The topological polar surface area (TPSA) is 89.3 Å². The zero-order valence-electron chi connectivity index (χ0n) is 15.1. The fraction of sp³-hybridized carbons (Fsp3) is 0.250. The zero-order valence-corrected chi connectivity index (χ0v) is 16.0. The molecule has 2 N–H and O–H groups in total. The predicted molar refractivity (Wildman–Crippen MR) is 106 cm³/mol. The second-order valence-electron chi connectivity index (χ2n) is 6.84. The molecule has 2 unspecified atom stereocenters. The summed E-state index contributed by atoms with van der Waals surface area (Å²) in [6.07, 6.45) is 1.20. The molecule has 0 saturated heterocycles. The van der Waals surface area contributed by atoms with Crippen molar-refractivity contribution in [2.75, 3.05) is 17.7 Å². The van der Waals surface area contributed by atoms with E-state index in [-0.39, 0.29) is 11.7 Å². The van der Waals surface area contributed by atoms with Crippen molar-refractivity contribution in [2.24, 2.45) is 0 Å². The van der Waals surface area contributed by atoms with Crippen LogP contribution in [0, 0.1) is 0 Å². The standard InChI is InChI=1S/C20H18N4O3S/c1-26-15-6-3-2-5-12(15)18-17-13(21-19-20(22-18)24-27-23-19)9-11(10-14(17)25)16-7-4-8-28-16/h2-8,11,18H,9-10H2,1H3,(H,21,23)(H,22,24). The first-order valence-electron chi connectivity index (χ1n) is 9.03. The second kappa shape index (κ2) is 6.79. The Bertz CT molecular complexity index is 1060. The van der Waals surface area contributed by atoms with Gasteiger partial charge in [0.2, 0.25) is 11.6 Å². The molecule has 0 amide bonds. The Morgan fingerprint density at radius 3 is 2.82 bits per heavy atom. The van der Waals surface area contributed by atoms with Gasteiger partial charge in [0.1, 0.15) is 5.75 Å². The van der Waals surface area contributed by atoms with E-state index in [0.29, 0.717) is 29.4 Å². The number of aromatic nitrogens is 2. The molecule has 1 aromatic carbocycles. The van der Waals surface area contributed by atoms with Gasteiger partial charge in [0.25, 0.3) is 0 Å². The van der Waals surface area contributed by atoms with Gasteiger partial charge in [-0.05, 0) is 34.2 Å². The molecule has 1 aliphatic carbocycles. The van der Waals surface area contributed by atoms with Gasteiger partial charge in [-0.15, -0.1) is 11.3 Å². The van der Waals surface area contributed by atoms with Gasteiger partial charge in [0, 0.05) is 34.0 Å². The lowest BCUT2D eigenvalue weighted by Crippen LogP contribution is -2.27. The van der Waals surface area contributed by atoms with Crippen molar-refractivity contribution < 1.29 is 14.2 Å². The molecule has 5 rings (SSSR count). The number of ketones is 1. The highest BCUT2D eigenvalue weighted by Crippen LogP contribution is 2.45. The number of allylic oxidation sites excluding steroid dienone is 1. The van der Waals surface area contributed by atoms with Crippen molar-refractivity contribution in [3.8, 4) is 5.75 Å². The summed E-state index contributed by atoms with van der Waals surface area (Å²) < 4.78 is 10.5. The van der Waals surface area contributed by atoms with Crippen LogP contribution in [0.3, 0.4) is 0 Å². The lowest BCUT2D eigenvalue weighted by atomic mass is 9.80. The molecule has 28 heavy (non-hydrogen) atoms. The maximum atomic E-state index is 13.3. The van der Waals surface area contributed by atoms with Crippen LogP contribution in [0.4, 0.5) is 11.6 Å². The molecule has 3 aromatic rings. The monoisotopic (exact) mass is 394 g/mol. The first-order valence-corrected chi connectivity index (χ1v) is 9.91. The largest absolute Gasteiger partial charge is 0.496 e. The summed E-state index contributed by atoms with van der Waals surface area (Å²) in [5, 5.41) is 16.6. The molecule has 7 nitrogen and oxygen atoms in total. The number of fused-ring (bicyclic) bond motifs is 1. The van der Waals surface area contributed by atoms with Crippen molar-refractivity contribution in [1.29, 1.82) is 0 Å². The minimum Gasteiger partial charge on any atom is -0.496 e.